The molecule has 0 aliphatic carbocycles. The van der Waals surface area contributed by atoms with Crippen molar-refractivity contribution in [1.82, 2.24) is 4.90 Å². The molecule has 1 aliphatic heterocycles. The Labute approximate surface area is 97.3 Å². The van der Waals surface area contributed by atoms with Crippen molar-refractivity contribution in [3.63, 3.8) is 0 Å². The van der Waals surface area contributed by atoms with Crippen LogP contribution in [0.5, 0.6) is 0 Å². The molecular weight excluding hydrogens is 201 g/mol. The van der Waals surface area contributed by atoms with Crippen LogP contribution in [0.15, 0.2) is 24.3 Å². The number of hydrogen-bond acceptors (Lipinski definition) is 1. The third-order valence-electron chi connectivity index (χ3n) is 3.64. The van der Waals surface area contributed by atoms with E-state index in [0.717, 1.165) is 31.1 Å². The van der Waals surface area contributed by atoms with E-state index in [-0.39, 0.29) is 5.82 Å². The van der Waals surface area contributed by atoms with Crippen molar-refractivity contribution in [2.75, 3.05) is 13.1 Å². The van der Waals surface area contributed by atoms with Crippen LogP contribution in [0.1, 0.15) is 31.7 Å². The van der Waals surface area contributed by atoms with Gasteiger partial charge in [-0.1, -0.05) is 31.5 Å². The fraction of sp³-hybridized carbons (Fsp3) is 0.571. The molecule has 0 radical (unpaired) electrons. The molecule has 0 N–H and O–H groups in total. The lowest BCUT2D eigenvalue weighted by Crippen LogP contribution is -2.33. The van der Waals surface area contributed by atoms with E-state index < -0.39 is 0 Å². The largest absolute Gasteiger partial charge is 0.299 e. The molecule has 1 fully saturated rings. The summed E-state index contributed by atoms with van der Waals surface area (Å²) < 4.78 is 13.5. The maximum atomic E-state index is 13.5. The standard InChI is InChI=1S/C14H20FN/c1-2-12-7-9-16(10-8-12)11-13-5-3-4-6-14(13)15/h3-6,12H,2,7-11H2,1H3. The Hall–Kier alpha value is -0.890. The van der Waals surface area contributed by atoms with E-state index in [9.17, 15) is 4.39 Å². The minimum atomic E-state index is -0.0693. The predicted octanol–water partition coefficient (Wildman–Crippen LogP) is 3.45. The number of piperidine rings is 1. The molecule has 0 unspecified atom stereocenters. The molecule has 1 saturated heterocycles. The second kappa shape index (κ2) is 5.44. The van der Waals surface area contributed by atoms with Gasteiger partial charge in [0.25, 0.3) is 0 Å². The average Bonchev–Trinajstić information content (AvgIpc) is 2.33. The second-order valence-corrected chi connectivity index (χ2v) is 4.72. The van der Waals surface area contributed by atoms with Crippen molar-refractivity contribution in [1.29, 1.82) is 0 Å². The van der Waals surface area contributed by atoms with Gasteiger partial charge in [-0.15, -0.1) is 0 Å². The summed E-state index contributed by atoms with van der Waals surface area (Å²) >= 11 is 0. The van der Waals surface area contributed by atoms with E-state index in [2.05, 4.69) is 11.8 Å². The minimum absolute atomic E-state index is 0.0693. The van der Waals surface area contributed by atoms with Crippen molar-refractivity contribution in [2.24, 2.45) is 5.92 Å². The summed E-state index contributed by atoms with van der Waals surface area (Å²) in [7, 11) is 0. The number of hydrogen-bond donors (Lipinski definition) is 0. The van der Waals surface area contributed by atoms with E-state index in [1.54, 1.807) is 12.1 Å². The fourth-order valence-corrected chi connectivity index (χ4v) is 2.42. The number of nitrogens with zero attached hydrogens (tertiary/aromatic N) is 1. The van der Waals surface area contributed by atoms with Gasteiger partial charge in [0.1, 0.15) is 5.82 Å². The highest BCUT2D eigenvalue weighted by Crippen LogP contribution is 2.21. The van der Waals surface area contributed by atoms with Gasteiger partial charge < -0.3 is 0 Å². The Bertz CT molecular complexity index is 329. The van der Waals surface area contributed by atoms with Gasteiger partial charge in [0, 0.05) is 12.1 Å². The number of benzene rings is 1. The fourth-order valence-electron chi connectivity index (χ4n) is 2.42. The molecule has 0 aromatic heterocycles. The zero-order valence-corrected chi connectivity index (χ0v) is 9.95. The Morgan fingerprint density at radius 2 is 1.94 bits per heavy atom. The van der Waals surface area contributed by atoms with Crippen LogP contribution in [-0.2, 0) is 6.54 Å². The monoisotopic (exact) mass is 221 g/mol. The summed E-state index contributed by atoms with van der Waals surface area (Å²) in [4.78, 5) is 2.37. The van der Waals surface area contributed by atoms with Gasteiger partial charge in [-0.25, -0.2) is 4.39 Å². The van der Waals surface area contributed by atoms with E-state index in [0.29, 0.717) is 0 Å². The molecule has 0 atom stereocenters. The molecule has 1 nitrogen and oxygen atoms in total. The normalized spacial score (nSPS) is 18.9. The zero-order chi connectivity index (χ0) is 11.4. The van der Waals surface area contributed by atoms with Gasteiger partial charge in [-0.2, -0.15) is 0 Å². The Morgan fingerprint density at radius 3 is 2.56 bits per heavy atom. The smallest absolute Gasteiger partial charge is 0.127 e. The first-order valence-corrected chi connectivity index (χ1v) is 6.25. The van der Waals surface area contributed by atoms with Gasteiger partial charge >= 0.3 is 0 Å². The molecule has 16 heavy (non-hydrogen) atoms. The Kier molecular flexibility index (Phi) is 3.94. The first kappa shape index (κ1) is 11.6. The molecule has 2 rings (SSSR count). The lowest BCUT2D eigenvalue weighted by molar-refractivity contribution is 0.173. The first-order chi connectivity index (χ1) is 7.79. The molecule has 1 heterocycles. The molecule has 0 saturated carbocycles. The topological polar surface area (TPSA) is 3.24 Å². The van der Waals surface area contributed by atoms with Crippen molar-refractivity contribution >= 4 is 0 Å². The van der Waals surface area contributed by atoms with Gasteiger partial charge in [0.15, 0.2) is 0 Å². The lowest BCUT2D eigenvalue weighted by atomic mass is 9.94. The van der Waals surface area contributed by atoms with E-state index in [4.69, 9.17) is 0 Å². The maximum absolute atomic E-state index is 13.5. The van der Waals surface area contributed by atoms with E-state index in [1.807, 2.05) is 12.1 Å². The highest BCUT2D eigenvalue weighted by Gasteiger charge is 2.18. The third-order valence-corrected chi connectivity index (χ3v) is 3.64. The summed E-state index contributed by atoms with van der Waals surface area (Å²) in [5.41, 5.74) is 0.831. The molecule has 1 aromatic carbocycles. The number of halogens is 1. The summed E-state index contributed by atoms with van der Waals surface area (Å²) in [6.07, 6.45) is 3.82. The van der Waals surface area contributed by atoms with Crippen LogP contribution in [0.4, 0.5) is 4.39 Å². The zero-order valence-electron chi connectivity index (χ0n) is 9.95. The molecule has 0 spiro atoms. The SMILES string of the molecule is CCC1CCN(Cc2ccccc2F)CC1. The maximum Gasteiger partial charge on any atom is 0.127 e. The van der Waals surface area contributed by atoms with Crippen LogP contribution in [0, 0.1) is 11.7 Å². The molecule has 1 aromatic rings. The predicted molar refractivity (Wildman–Crippen MR) is 64.7 cm³/mol. The second-order valence-electron chi connectivity index (χ2n) is 4.72. The van der Waals surface area contributed by atoms with Crippen molar-refractivity contribution < 1.29 is 4.39 Å². The van der Waals surface area contributed by atoms with Crippen LogP contribution in [0.2, 0.25) is 0 Å². The van der Waals surface area contributed by atoms with Crippen LogP contribution >= 0.6 is 0 Å². The average molecular weight is 221 g/mol. The Morgan fingerprint density at radius 1 is 1.25 bits per heavy atom. The summed E-state index contributed by atoms with van der Waals surface area (Å²) in [5, 5.41) is 0. The molecule has 88 valence electrons. The van der Waals surface area contributed by atoms with Gasteiger partial charge in [0.05, 0.1) is 0 Å². The Balaban J connectivity index is 1.89. The van der Waals surface area contributed by atoms with Crippen LogP contribution in [-0.4, -0.2) is 18.0 Å². The summed E-state index contributed by atoms with van der Waals surface area (Å²) in [5.74, 6) is 0.817. The quantitative estimate of drug-likeness (QED) is 0.755. The molecule has 1 aliphatic rings. The van der Waals surface area contributed by atoms with Gasteiger partial charge in [-0.3, -0.25) is 4.90 Å². The number of rotatable bonds is 3. The minimum Gasteiger partial charge on any atom is -0.299 e. The van der Waals surface area contributed by atoms with E-state index >= 15 is 0 Å². The lowest BCUT2D eigenvalue weighted by Gasteiger charge is -2.31. The van der Waals surface area contributed by atoms with Crippen molar-refractivity contribution in [2.45, 2.75) is 32.7 Å². The summed E-state index contributed by atoms with van der Waals surface area (Å²) in [6.45, 7) is 5.26. The number of likely N-dealkylation sites (tertiary alicyclic amines) is 1. The van der Waals surface area contributed by atoms with E-state index in [1.165, 1.54) is 19.3 Å². The first-order valence-electron chi connectivity index (χ1n) is 6.25. The molecular formula is C14H20FN. The molecule has 0 amide bonds. The van der Waals surface area contributed by atoms with Crippen LogP contribution < -0.4 is 0 Å². The van der Waals surface area contributed by atoms with Gasteiger partial charge in [0.2, 0.25) is 0 Å². The van der Waals surface area contributed by atoms with Crippen molar-refractivity contribution in [3.8, 4) is 0 Å². The summed E-state index contributed by atoms with van der Waals surface area (Å²) in [6, 6.07) is 7.11. The molecule has 0 bridgehead atoms. The van der Waals surface area contributed by atoms with Crippen LogP contribution in [0.3, 0.4) is 0 Å². The highest BCUT2D eigenvalue weighted by molar-refractivity contribution is 5.17. The molecule has 2 heteroatoms. The van der Waals surface area contributed by atoms with Crippen molar-refractivity contribution in [3.05, 3.63) is 35.6 Å². The van der Waals surface area contributed by atoms with Gasteiger partial charge in [-0.05, 0) is 37.9 Å². The highest BCUT2D eigenvalue weighted by atomic mass is 19.1. The third kappa shape index (κ3) is 2.82. The van der Waals surface area contributed by atoms with Crippen LogP contribution in [0.25, 0.3) is 0 Å².